The number of carbonyl (C=O) groups excluding carboxylic acids is 1. The van der Waals surface area contributed by atoms with Crippen LogP contribution in [0.5, 0.6) is 0 Å². The Morgan fingerprint density at radius 2 is 1.96 bits per heavy atom. The highest BCUT2D eigenvalue weighted by Gasteiger charge is 2.24. The zero-order valence-corrected chi connectivity index (χ0v) is 18.1. The molecule has 0 unspecified atom stereocenters. The van der Waals surface area contributed by atoms with E-state index in [0.29, 0.717) is 18.5 Å². The maximum atomic E-state index is 12.1. The van der Waals surface area contributed by atoms with E-state index < -0.39 is 0 Å². The second-order valence-electron chi connectivity index (χ2n) is 7.83. The Kier molecular flexibility index (Phi) is 8.80. The van der Waals surface area contributed by atoms with Gasteiger partial charge in [-0.15, -0.1) is 0 Å². The number of nitrogens with one attached hydrogen (secondary N) is 2. The van der Waals surface area contributed by atoms with Gasteiger partial charge in [-0.1, -0.05) is 32.9 Å². The van der Waals surface area contributed by atoms with Crippen LogP contribution >= 0.6 is 0 Å². The lowest BCUT2D eigenvalue weighted by Crippen LogP contribution is -2.50. The molecule has 28 heavy (non-hydrogen) atoms. The summed E-state index contributed by atoms with van der Waals surface area (Å²) in [5, 5.41) is 11.0. The van der Waals surface area contributed by atoms with Gasteiger partial charge in [0.2, 0.25) is 5.91 Å². The van der Waals surface area contributed by atoms with Gasteiger partial charge in [0, 0.05) is 43.6 Å². The molecule has 0 saturated carbocycles. The molecule has 1 aliphatic heterocycles. The Hall–Kier alpha value is -2.05. The van der Waals surface area contributed by atoms with E-state index >= 15 is 0 Å². The average Bonchev–Trinajstić information content (AvgIpc) is 3.16. The molecule has 0 atom stereocenters. The first-order valence-electron chi connectivity index (χ1n) is 10.8. The number of hydrogen-bond acceptors (Lipinski definition) is 4. The summed E-state index contributed by atoms with van der Waals surface area (Å²) >= 11 is 0. The Labute approximate surface area is 169 Å². The third-order valence-corrected chi connectivity index (χ3v) is 5.36. The molecule has 1 amide bonds. The van der Waals surface area contributed by atoms with Crippen LogP contribution in [-0.2, 0) is 11.3 Å². The second kappa shape index (κ2) is 11.1. The molecule has 0 bridgehead atoms. The van der Waals surface area contributed by atoms with E-state index in [0.717, 1.165) is 62.7 Å². The fraction of sp³-hybridized carbons (Fsp3) is 0.762. The van der Waals surface area contributed by atoms with Crippen molar-refractivity contribution in [3.05, 3.63) is 17.5 Å². The number of aliphatic imine (C=N–C) groups is 1. The maximum absolute atomic E-state index is 12.1. The highest BCUT2D eigenvalue weighted by Crippen LogP contribution is 2.22. The minimum absolute atomic E-state index is 0.0650. The van der Waals surface area contributed by atoms with Crippen LogP contribution in [0.15, 0.2) is 15.6 Å². The molecular formula is C21H37N5O2. The molecule has 0 aliphatic carbocycles. The highest BCUT2D eigenvalue weighted by molar-refractivity contribution is 5.80. The van der Waals surface area contributed by atoms with Crippen molar-refractivity contribution in [1.82, 2.24) is 20.7 Å². The summed E-state index contributed by atoms with van der Waals surface area (Å²) < 4.78 is 5.47. The van der Waals surface area contributed by atoms with Gasteiger partial charge in [0.25, 0.3) is 0 Å². The zero-order valence-electron chi connectivity index (χ0n) is 18.1. The normalized spacial score (nSPS) is 16.1. The maximum Gasteiger partial charge on any atom is 0.225 e. The topological polar surface area (TPSA) is 82.8 Å². The van der Waals surface area contributed by atoms with Crippen molar-refractivity contribution >= 4 is 11.9 Å². The van der Waals surface area contributed by atoms with Crippen LogP contribution in [0.4, 0.5) is 0 Å². The first-order chi connectivity index (χ1) is 13.5. The van der Waals surface area contributed by atoms with Gasteiger partial charge < -0.3 is 20.1 Å². The number of likely N-dealkylation sites (tertiary alicyclic amines) is 1. The molecule has 7 heteroatoms. The molecule has 1 aliphatic rings. The number of hydrogen-bond donors (Lipinski definition) is 2. The third-order valence-electron chi connectivity index (χ3n) is 5.36. The minimum atomic E-state index is 0.0650. The quantitative estimate of drug-likeness (QED) is 0.525. The van der Waals surface area contributed by atoms with Crippen molar-refractivity contribution in [2.75, 3.05) is 19.6 Å². The van der Waals surface area contributed by atoms with Crippen molar-refractivity contribution in [3.8, 4) is 0 Å². The van der Waals surface area contributed by atoms with E-state index in [1.54, 1.807) is 0 Å². The third kappa shape index (κ3) is 6.24. The minimum Gasteiger partial charge on any atom is -0.359 e. The zero-order chi connectivity index (χ0) is 20.5. The molecule has 2 heterocycles. The number of rotatable bonds is 8. The summed E-state index contributed by atoms with van der Waals surface area (Å²) in [4.78, 5) is 18.8. The van der Waals surface area contributed by atoms with Gasteiger partial charge in [0.05, 0.1) is 5.69 Å². The molecule has 0 aromatic carbocycles. The smallest absolute Gasteiger partial charge is 0.225 e. The molecule has 1 saturated heterocycles. The van der Waals surface area contributed by atoms with Crippen LogP contribution in [0.2, 0.25) is 0 Å². The summed E-state index contributed by atoms with van der Waals surface area (Å²) in [6.07, 6.45) is 4.00. The van der Waals surface area contributed by atoms with Crippen LogP contribution in [0, 0.1) is 5.92 Å². The average molecular weight is 392 g/mol. The summed E-state index contributed by atoms with van der Waals surface area (Å²) in [5.74, 6) is 2.34. The molecule has 2 rings (SSSR count). The molecule has 1 aromatic rings. The van der Waals surface area contributed by atoms with Gasteiger partial charge in [0.15, 0.2) is 11.7 Å². The lowest BCUT2D eigenvalue weighted by Gasteiger charge is -2.34. The first kappa shape index (κ1) is 22.2. The Bertz CT molecular complexity index is 628. The molecular weight excluding hydrogens is 354 g/mol. The number of guanidine groups is 1. The number of aromatic nitrogens is 1. The van der Waals surface area contributed by atoms with Crippen LogP contribution in [0.3, 0.4) is 0 Å². The lowest BCUT2D eigenvalue weighted by atomic mass is 9.99. The summed E-state index contributed by atoms with van der Waals surface area (Å²) in [7, 11) is 0. The van der Waals surface area contributed by atoms with Crippen molar-refractivity contribution in [2.24, 2.45) is 10.9 Å². The number of carbonyl (C=O) groups is 1. The molecule has 2 N–H and O–H groups in total. The largest absolute Gasteiger partial charge is 0.359 e. The van der Waals surface area contributed by atoms with E-state index in [-0.39, 0.29) is 11.8 Å². The molecule has 1 aromatic heterocycles. The number of piperidine rings is 1. The summed E-state index contributed by atoms with van der Waals surface area (Å²) in [6, 6.07) is 2.35. The van der Waals surface area contributed by atoms with E-state index in [4.69, 9.17) is 4.52 Å². The highest BCUT2D eigenvalue weighted by atomic mass is 16.5. The van der Waals surface area contributed by atoms with Crippen LogP contribution in [0.25, 0.3) is 0 Å². The molecule has 0 spiro atoms. The fourth-order valence-corrected chi connectivity index (χ4v) is 3.58. The summed E-state index contributed by atoms with van der Waals surface area (Å²) in [5.41, 5.74) is 1.02. The van der Waals surface area contributed by atoms with E-state index in [1.165, 1.54) is 0 Å². The molecule has 1 fully saturated rings. The van der Waals surface area contributed by atoms with Gasteiger partial charge in [-0.25, -0.2) is 4.99 Å². The van der Waals surface area contributed by atoms with Crippen molar-refractivity contribution in [3.63, 3.8) is 0 Å². The van der Waals surface area contributed by atoms with E-state index in [1.807, 2.05) is 24.8 Å². The van der Waals surface area contributed by atoms with Gasteiger partial charge in [0.1, 0.15) is 6.54 Å². The Balaban J connectivity index is 1.90. The van der Waals surface area contributed by atoms with Gasteiger partial charge in [-0.05, 0) is 32.6 Å². The molecule has 7 nitrogen and oxygen atoms in total. The van der Waals surface area contributed by atoms with Gasteiger partial charge in [-0.3, -0.25) is 4.79 Å². The van der Waals surface area contributed by atoms with Crippen LogP contribution in [0.1, 0.15) is 77.7 Å². The fourth-order valence-electron chi connectivity index (χ4n) is 3.58. The SMILES string of the molecule is CCNC(=NCc1cc(C(CC)CC)no1)NC1CCN(C(=O)C(C)C)CC1. The monoisotopic (exact) mass is 391 g/mol. The Morgan fingerprint density at radius 1 is 1.29 bits per heavy atom. The molecule has 0 radical (unpaired) electrons. The summed E-state index contributed by atoms with van der Waals surface area (Å²) in [6.45, 7) is 13.2. The number of amides is 1. The van der Waals surface area contributed by atoms with E-state index in [9.17, 15) is 4.79 Å². The van der Waals surface area contributed by atoms with E-state index in [2.05, 4.69) is 41.6 Å². The predicted octanol–water partition coefficient (Wildman–Crippen LogP) is 3.28. The van der Waals surface area contributed by atoms with Crippen LogP contribution < -0.4 is 10.6 Å². The second-order valence-corrected chi connectivity index (χ2v) is 7.83. The van der Waals surface area contributed by atoms with Gasteiger partial charge >= 0.3 is 0 Å². The Morgan fingerprint density at radius 3 is 2.54 bits per heavy atom. The van der Waals surface area contributed by atoms with Crippen LogP contribution in [-0.4, -0.2) is 47.6 Å². The first-order valence-corrected chi connectivity index (χ1v) is 10.8. The van der Waals surface area contributed by atoms with Crippen molar-refractivity contribution < 1.29 is 9.32 Å². The van der Waals surface area contributed by atoms with Gasteiger partial charge in [-0.2, -0.15) is 0 Å². The molecule has 158 valence electrons. The lowest BCUT2D eigenvalue weighted by molar-refractivity contribution is -0.135. The van der Waals surface area contributed by atoms with Crippen molar-refractivity contribution in [2.45, 2.75) is 78.8 Å². The standard InChI is InChI=1S/C21H37N5O2/c1-6-16(7-2)19-13-18(28-25-19)14-23-21(22-8-3)24-17-9-11-26(12-10-17)20(27)15(4)5/h13,15-17H,6-12,14H2,1-5H3,(H2,22,23,24). The predicted molar refractivity (Wildman–Crippen MR) is 112 cm³/mol. The van der Waals surface area contributed by atoms with Crippen molar-refractivity contribution in [1.29, 1.82) is 0 Å². The number of nitrogens with zero attached hydrogens (tertiary/aromatic N) is 3.